The monoisotopic (exact) mass is 311 g/mol. The number of anilines is 1. The van der Waals surface area contributed by atoms with Crippen LogP contribution in [0, 0.1) is 17.5 Å². The first kappa shape index (κ1) is 15.4. The average Bonchev–Trinajstić information content (AvgIpc) is 2.45. The van der Waals surface area contributed by atoms with E-state index >= 15 is 0 Å². The Balaban J connectivity index is 2.06. The Kier molecular flexibility index (Phi) is 4.90. The molecule has 2 aromatic rings. The highest BCUT2D eigenvalue weighted by Crippen LogP contribution is 2.27. The number of carbonyl (C=O) groups is 1. The molecule has 6 heteroatoms. The predicted molar refractivity (Wildman–Crippen MR) is 76.7 cm³/mol. The average molecular weight is 311 g/mol. The van der Waals surface area contributed by atoms with E-state index in [4.69, 9.17) is 0 Å². The first-order valence-corrected chi connectivity index (χ1v) is 7.02. The van der Waals surface area contributed by atoms with Crippen LogP contribution in [0.1, 0.15) is 6.92 Å². The predicted octanol–water partition coefficient (Wildman–Crippen LogP) is 4.22. The zero-order chi connectivity index (χ0) is 15.4. The fraction of sp³-hybridized carbons (Fsp3) is 0.133. The molecule has 0 heterocycles. The number of benzene rings is 2. The Morgan fingerprint density at radius 3 is 2.52 bits per heavy atom. The third-order valence-corrected chi connectivity index (χ3v) is 3.83. The Morgan fingerprint density at radius 1 is 1.10 bits per heavy atom. The zero-order valence-electron chi connectivity index (χ0n) is 11.1. The van der Waals surface area contributed by atoms with Crippen molar-refractivity contribution in [3.63, 3.8) is 0 Å². The van der Waals surface area contributed by atoms with Gasteiger partial charge in [0.05, 0.1) is 10.9 Å². The Morgan fingerprint density at radius 2 is 1.81 bits per heavy atom. The lowest BCUT2D eigenvalue weighted by atomic mass is 10.3. The second kappa shape index (κ2) is 6.67. The van der Waals surface area contributed by atoms with E-state index < -0.39 is 28.6 Å². The molecular formula is C15H12F3NOS. The van der Waals surface area contributed by atoms with Crippen molar-refractivity contribution in [3.8, 4) is 0 Å². The summed E-state index contributed by atoms with van der Waals surface area (Å²) in [4.78, 5) is 12.0. The molecule has 2 nitrogen and oxygen atoms in total. The second-order valence-corrected chi connectivity index (χ2v) is 5.69. The van der Waals surface area contributed by atoms with Crippen molar-refractivity contribution in [2.45, 2.75) is 17.1 Å². The van der Waals surface area contributed by atoms with Crippen molar-refractivity contribution in [1.29, 1.82) is 0 Å². The van der Waals surface area contributed by atoms with Crippen molar-refractivity contribution in [2.24, 2.45) is 0 Å². The van der Waals surface area contributed by atoms with E-state index in [-0.39, 0.29) is 10.6 Å². The lowest BCUT2D eigenvalue weighted by Crippen LogP contribution is -2.23. The minimum absolute atomic E-state index is 0.0335. The van der Waals surface area contributed by atoms with Gasteiger partial charge in [0.2, 0.25) is 5.91 Å². The molecular weight excluding hydrogens is 299 g/mol. The lowest BCUT2D eigenvalue weighted by molar-refractivity contribution is -0.115. The van der Waals surface area contributed by atoms with Crippen molar-refractivity contribution in [3.05, 3.63) is 59.9 Å². The number of halogens is 3. The van der Waals surface area contributed by atoms with Gasteiger partial charge in [-0.05, 0) is 37.3 Å². The van der Waals surface area contributed by atoms with Gasteiger partial charge in [-0.1, -0.05) is 12.1 Å². The van der Waals surface area contributed by atoms with Crippen molar-refractivity contribution in [1.82, 2.24) is 0 Å². The molecule has 2 aromatic carbocycles. The van der Waals surface area contributed by atoms with Gasteiger partial charge < -0.3 is 5.32 Å². The van der Waals surface area contributed by atoms with Gasteiger partial charge in [-0.15, -0.1) is 11.8 Å². The van der Waals surface area contributed by atoms with Crippen LogP contribution in [0.5, 0.6) is 0 Å². The number of nitrogens with one attached hydrogen (secondary N) is 1. The zero-order valence-corrected chi connectivity index (χ0v) is 11.9. The smallest absolute Gasteiger partial charge is 0.237 e. The molecule has 0 saturated carbocycles. The third kappa shape index (κ3) is 4.01. The summed E-state index contributed by atoms with van der Waals surface area (Å²) in [5, 5.41) is 1.71. The number of rotatable bonds is 4. The van der Waals surface area contributed by atoms with E-state index in [0.29, 0.717) is 0 Å². The highest BCUT2D eigenvalue weighted by atomic mass is 32.2. The molecule has 21 heavy (non-hydrogen) atoms. The largest absolute Gasteiger partial charge is 0.323 e. The summed E-state index contributed by atoms with van der Waals surface area (Å²) in [5.74, 6) is -2.23. The van der Waals surface area contributed by atoms with Crippen LogP contribution < -0.4 is 5.32 Å². The first-order chi connectivity index (χ1) is 9.97. The fourth-order valence-corrected chi connectivity index (χ4v) is 2.52. The highest BCUT2D eigenvalue weighted by Gasteiger charge is 2.18. The fourth-order valence-electron chi connectivity index (χ4n) is 1.61. The number of carbonyl (C=O) groups excluding carboxylic acids is 1. The van der Waals surface area contributed by atoms with Crippen LogP contribution in [0.15, 0.2) is 47.4 Å². The maximum atomic E-state index is 13.5. The molecule has 0 aliphatic heterocycles. The van der Waals surface area contributed by atoms with Gasteiger partial charge in [0.15, 0.2) is 0 Å². The lowest BCUT2D eigenvalue weighted by Gasteiger charge is -2.13. The maximum Gasteiger partial charge on any atom is 0.237 e. The molecule has 0 aliphatic rings. The van der Waals surface area contributed by atoms with E-state index in [1.807, 2.05) is 0 Å². The molecule has 110 valence electrons. The van der Waals surface area contributed by atoms with E-state index in [2.05, 4.69) is 5.32 Å². The molecule has 0 spiro atoms. The summed E-state index contributed by atoms with van der Waals surface area (Å²) in [6, 6.07) is 8.76. The van der Waals surface area contributed by atoms with Crippen LogP contribution in [-0.2, 0) is 4.79 Å². The summed E-state index contributed by atoms with van der Waals surface area (Å²) >= 11 is 0.868. The van der Waals surface area contributed by atoms with Crippen LogP contribution >= 0.6 is 11.8 Å². The highest BCUT2D eigenvalue weighted by molar-refractivity contribution is 8.00. The minimum atomic E-state index is -0.707. The molecule has 0 bridgehead atoms. The molecule has 1 N–H and O–H groups in total. The number of hydrogen-bond donors (Lipinski definition) is 1. The topological polar surface area (TPSA) is 29.1 Å². The number of thioether (sulfide) groups is 1. The SMILES string of the molecule is C[C@H](Sc1cc(F)ccc1F)C(=O)Nc1ccccc1F. The molecule has 2 rings (SSSR count). The van der Waals surface area contributed by atoms with Gasteiger partial charge in [0.1, 0.15) is 17.5 Å². The molecule has 0 aliphatic carbocycles. The van der Waals surface area contributed by atoms with Gasteiger partial charge in [-0.25, -0.2) is 13.2 Å². The summed E-state index contributed by atoms with van der Waals surface area (Å²) in [6.07, 6.45) is 0. The van der Waals surface area contributed by atoms with Crippen molar-refractivity contribution >= 4 is 23.4 Å². The van der Waals surface area contributed by atoms with E-state index in [1.54, 1.807) is 6.07 Å². The van der Waals surface area contributed by atoms with Crippen LogP contribution in [0.2, 0.25) is 0 Å². The summed E-state index contributed by atoms with van der Waals surface area (Å²) in [7, 11) is 0. The minimum Gasteiger partial charge on any atom is -0.323 e. The number of amides is 1. The van der Waals surface area contributed by atoms with Crippen LogP contribution in [0.25, 0.3) is 0 Å². The normalized spacial score (nSPS) is 12.0. The summed E-state index contributed by atoms with van der Waals surface area (Å²) in [6.45, 7) is 1.53. The van der Waals surface area contributed by atoms with Gasteiger partial charge in [0.25, 0.3) is 0 Å². The number of para-hydroxylation sites is 1. The van der Waals surface area contributed by atoms with Crippen LogP contribution in [0.3, 0.4) is 0 Å². The third-order valence-electron chi connectivity index (χ3n) is 2.70. The van der Waals surface area contributed by atoms with E-state index in [1.165, 1.54) is 25.1 Å². The van der Waals surface area contributed by atoms with Crippen LogP contribution in [-0.4, -0.2) is 11.2 Å². The molecule has 0 aromatic heterocycles. The van der Waals surface area contributed by atoms with Crippen molar-refractivity contribution < 1.29 is 18.0 Å². The molecule has 0 saturated heterocycles. The molecule has 0 radical (unpaired) electrons. The molecule has 1 amide bonds. The van der Waals surface area contributed by atoms with Gasteiger partial charge in [-0.3, -0.25) is 4.79 Å². The van der Waals surface area contributed by atoms with Gasteiger partial charge in [0, 0.05) is 4.90 Å². The molecule has 0 fully saturated rings. The Hall–Kier alpha value is -1.95. The maximum absolute atomic E-state index is 13.5. The molecule has 0 unspecified atom stereocenters. The van der Waals surface area contributed by atoms with Crippen molar-refractivity contribution in [2.75, 3.05) is 5.32 Å². The summed E-state index contributed by atoms with van der Waals surface area (Å²) in [5.41, 5.74) is 0.0506. The van der Waals surface area contributed by atoms with Crippen LogP contribution in [0.4, 0.5) is 18.9 Å². The summed E-state index contributed by atoms with van der Waals surface area (Å²) < 4.78 is 40.0. The van der Waals surface area contributed by atoms with Gasteiger partial charge >= 0.3 is 0 Å². The van der Waals surface area contributed by atoms with Gasteiger partial charge in [-0.2, -0.15) is 0 Å². The standard InChI is InChI=1S/C15H12F3NOS/c1-9(21-14-8-10(16)6-7-12(14)18)15(20)19-13-5-3-2-4-11(13)17/h2-9H,1H3,(H,19,20)/t9-/m0/s1. The number of hydrogen-bond acceptors (Lipinski definition) is 2. The second-order valence-electron chi connectivity index (χ2n) is 4.30. The van der Waals surface area contributed by atoms with E-state index in [0.717, 1.165) is 30.0 Å². The van der Waals surface area contributed by atoms with E-state index in [9.17, 15) is 18.0 Å². The first-order valence-electron chi connectivity index (χ1n) is 6.14. The quantitative estimate of drug-likeness (QED) is 0.856. The Bertz CT molecular complexity index is 663. The Labute approximate surface area is 124 Å². The molecule has 1 atom stereocenters.